The van der Waals surface area contributed by atoms with Crippen molar-refractivity contribution in [3.63, 3.8) is 0 Å². The molecule has 0 amide bonds. The summed E-state index contributed by atoms with van der Waals surface area (Å²) < 4.78 is 0. The summed E-state index contributed by atoms with van der Waals surface area (Å²) in [5.41, 5.74) is 1.21. The summed E-state index contributed by atoms with van der Waals surface area (Å²) in [6, 6.07) is 4.12. The Hall–Kier alpha value is -1.05. The van der Waals surface area contributed by atoms with E-state index in [1.165, 1.54) is 18.4 Å². The first-order valence-corrected chi connectivity index (χ1v) is 4.51. The van der Waals surface area contributed by atoms with Crippen LogP contribution < -0.4 is 5.32 Å². The van der Waals surface area contributed by atoms with E-state index in [-0.39, 0.29) is 0 Å². The van der Waals surface area contributed by atoms with Gasteiger partial charge in [0.05, 0.1) is 0 Å². The van der Waals surface area contributed by atoms with Crippen LogP contribution in [0.3, 0.4) is 0 Å². The maximum atomic E-state index is 4.27. The van der Waals surface area contributed by atoms with E-state index in [1.807, 2.05) is 12.3 Å². The summed E-state index contributed by atoms with van der Waals surface area (Å²) in [4.78, 5) is 4.27. The molecule has 12 heavy (non-hydrogen) atoms. The number of hydrogen-bond donors (Lipinski definition) is 1. The average Bonchev–Trinajstić information content (AvgIpc) is 2.87. The molecule has 1 fully saturated rings. The number of rotatable bonds is 3. The van der Waals surface area contributed by atoms with Gasteiger partial charge in [-0.2, -0.15) is 0 Å². The zero-order valence-electron chi connectivity index (χ0n) is 7.38. The molecule has 1 aromatic heterocycles. The molecule has 2 rings (SSSR count). The molecule has 1 heterocycles. The summed E-state index contributed by atoms with van der Waals surface area (Å²) in [5, 5.41) is 3.32. The molecule has 2 nitrogen and oxygen atoms in total. The monoisotopic (exact) mass is 162 g/mol. The van der Waals surface area contributed by atoms with E-state index in [4.69, 9.17) is 0 Å². The third kappa shape index (κ3) is 1.97. The van der Waals surface area contributed by atoms with Crippen molar-refractivity contribution in [2.75, 3.05) is 11.9 Å². The van der Waals surface area contributed by atoms with Gasteiger partial charge in [0.25, 0.3) is 0 Å². The lowest BCUT2D eigenvalue weighted by molar-refractivity contribution is 0.882. The minimum absolute atomic E-state index is 0.910. The Morgan fingerprint density at radius 2 is 2.33 bits per heavy atom. The fourth-order valence-electron chi connectivity index (χ4n) is 1.14. The van der Waals surface area contributed by atoms with Gasteiger partial charge in [-0.1, -0.05) is 6.07 Å². The van der Waals surface area contributed by atoms with E-state index in [0.717, 1.165) is 18.3 Å². The molecule has 0 spiro atoms. The Kier molecular flexibility index (Phi) is 1.98. The van der Waals surface area contributed by atoms with Crippen LogP contribution in [0.1, 0.15) is 18.4 Å². The standard InChI is InChI=1S/C10H14N2/c1-8-2-5-10(11-6-8)12-7-9-3-4-9/h2,5-6,9H,3-4,7H2,1H3,(H,11,12). The molecule has 1 N–H and O–H groups in total. The normalized spacial score (nSPS) is 16.1. The van der Waals surface area contributed by atoms with E-state index in [1.54, 1.807) is 0 Å². The van der Waals surface area contributed by atoms with Crippen molar-refractivity contribution in [2.45, 2.75) is 19.8 Å². The average molecular weight is 162 g/mol. The molecule has 0 aromatic carbocycles. The van der Waals surface area contributed by atoms with Gasteiger partial charge in [0.2, 0.25) is 0 Å². The van der Waals surface area contributed by atoms with Gasteiger partial charge in [-0.05, 0) is 37.3 Å². The molecular weight excluding hydrogens is 148 g/mol. The molecule has 1 aliphatic rings. The highest BCUT2D eigenvalue weighted by molar-refractivity contribution is 5.35. The molecule has 0 atom stereocenters. The van der Waals surface area contributed by atoms with Gasteiger partial charge in [0, 0.05) is 12.7 Å². The van der Waals surface area contributed by atoms with E-state index in [9.17, 15) is 0 Å². The number of anilines is 1. The molecule has 0 radical (unpaired) electrons. The van der Waals surface area contributed by atoms with Crippen LogP contribution >= 0.6 is 0 Å². The molecule has 64 valence electrons. The summed E-state index contributed by atoms with van der Waals surface area (Å²) >= 11 is 0. The Balaban J connectivity index is 1.89. The number of nitrogens with zero attached hydrogens (tertiary/aromatic N) is 1. The topological polar surface area (TPSA) is 24.9 Å². The second-order valence-electron chi connectivity index (χ2n) is 3.55. The second-order valence-corrected chi connectivity index (χ2v) is 3.55. The van der Waals surface area contributed by atoms with Crippen molar-refractivity contribution in [3.05, 3.63) is 23.9 Å². The molecule has 0 bridgehead atoms. The van der Waals surface area contributed by atoms with Crippen LogP contribution in [0.5, 0.6) is 0 Å². The van der Waals surface area contributed by atoms with Crippen LogP contribution in [-0.4, -0.2) is 11.5 Å². The van der Waals surface area contributed by atoms with E-state index in [0.29, 0.717) is 0 Å². The Morgan fingerprint density at radius 3 is 2.92 bits per heavy atom. The van der Waals surface area contributed by atoms with Crippen molar-refractivity contribution >= 4 is 5.82 Å². The highest BCUT2D eigenvalue weighted by Crippen LogP contribution is 2.28. The fourth-order valence-corrected chi connectivity index (χ4v) is 1.14. The number of aryl methyl sites for hydroxylation is 1. The zero-order valence-corrected chi connectivity index (χ0v) is 7.38. The predicted octanol–water partition coefficient (Wildman–Crippen LogP) is 2.21. The Labute approximate surface area is 73.0 Å². The van der Waals surface area contributed by atoms with E-state index in [2.05, 4.69) is 23.3 Å². The second kappa shape index (κ2) is 3.13. The first kappa shape index (κ1) is 7.59. The first-order valence-electron chi connectivity index (χ1n) is 4.51. The maximum Gasteiger partial charge on any atom is 0.125 e. The molecule has 0 aliphatic heterocycles. The Bertz CT molecular complexity index is 249. The largest absolute Gasteiger partial charge is 0.370 e. The van der Waals surface area contributed by atoms with E-state index < -0.39 is 0 Å². The third-order valence-corrected chi connectivity index (χ3v) is 2.18. The number of aromatic nitrogens is 1. The molecule has 1 aromatic rings. The number of hydrogen-bond acceptors (Lipinski definition) is 2. The Morgan fingerprint density at radius 1 is 1.50 bits per heavy atom. The molecule has 2 heteroatoms. The van der Waals surface area contributed by atoms with Crippen LogP contribution in [-0.2, 0) is 0 Å². The highest BCUT2D eigenvalue weighted by Gasteiger charge is 2.20. The van der Waals surface area contributed by atoms with Crippen LogP contribution in [0.2, 0.25) is 0 Å². The minimum atomic E-state index is 0.910. The lowest BCUT2D eigenvalue weighted by atomic mass is 10.3. The van der Waals surface area contributed by atoms with Crippen molar-refractivity contribution in [1.82, 2.24) is 4.98 Å². The van der Waals surface area contributed by atoms with Gasteiger partial charge in [0.1, 0.15) is 5.82 Å². The number of pyridine rings is 1. The smallest absolute Gasteiger partial charge is 0.125 e. The van der Waals surface area contributed by atoms with Gasteiger partial charge in [0.15, 0.2) is 0 Å². The fraction of sp³-hybridized carbons (Fsp3) is 0.500. The zero-order chi connectivity index (χ0) is 8.39. The SMILES string of the molecule is Cc1ccc(NCC2CC2)nc1. The first-order chi connectivity index (χ1) is 5.84. The summed E-state index contributed by atoms with van der Waals surface area (Å²) in [6.45, 7) is 3.15. The van der Waals surface area contributed by atoms with Crippen molar-refractivity contribution in [1.29, 1.82) is 0 Å². The third-order valence-electron chi connectivity index (χ3n) is 2.18. The maximum absolute atomic E-state index is 4.27. The molecule has 0 saturated heterocycles. The molecule has 1 aliphatic carbocycles. The van der Waals surface area contributed by atoms with Crippen LogP contribution in [0.25, 0.3) is 0 Å². The van der Waals surface area contributed by atoms with Crippen molar-refractivity contribution in [3.8, 4) is 0 Å². The van der Waals surface area contributed by atoms with Gasteiger partial charge in [-0.15, -0.1) is 0 Å². The van der Waals surface area contributed by atoms with Crippen LogP contribution in [0.4, 0.5) is 5.82 Å². The quantitative estimate of drug-likeness (QED) is 0.737. The molecular formula is C10H14N2. The van der Waals surface area contributed by atoms with Crippen molar-refractivity contribution < 1.29 is 0 Å². The van der Waals surface area contributed by atoms with Crippen molar-refractivity contribution in [2.24, 2.45) is 5.92 Å². The summed E-state index contributed by atoms with van der Waals surface area (Å²) in [5.74, 6) is 1.92. The molecule has 0 unspecified atom stereocenters. The predicted molar refractivity (Wildman–Crippen MR) is 50.2 cm³/mol. The van der Waals surface area contributed by atoms with Gasteiger partial charge in [-0.3, -0.25) is 0 Å². The summed E-state index contributed by atoms with van der Waals surface area (Å²) in [6.07, 6.45) is 4.67. The highest BCUT2D eigenvalue weighted by atomic mass is 15.0. The lowest BCUT2D eigenvalue weighted by Gasteiger charge is -2.03. The van der Waals surface area contributed by atoms with Crippen LogP contribution in [0, 0.1) is 12.8 Å². The summed E-state index contributed by atoms with van der Waals surface area (Å²) in [7, 11) is 0. The van der Waals surface area contributed by atoms with Gasteiger partial charge >= 0.3 is 0 Å². The minimum Gasteiger partial charge on any atom is -0.370 e. The van der Waals surface area contributed by atoms with E-state index >= 15 is 0 Å². The number of nitrogens with one attached hydrogen (secondary N) is 1. The molecule has 1 saturated carbocycles. The lowest BCUT2D eigenvalue weighted by Crippen LogP contribution is -2.04. The van der Waals surface area contributed by atoms with Crippen LogP contribution in [0.15, 0.2) is 18.3 Å². The van der Waals surface area contributed by atoms with Gasteiger partial charge in [-0.25, -0.2) is 4.98 Å². The van der Waals surface area contributed by atoms with Gasteiger partial charge < -0.3 is 5.32 Å².